The van der Waals surface area contributed by atoms with Crippen molar-refractivity contribution in [3.05, 3.63) is 47.7 Å². The van der Waals surface area contributed by atoms with Crippen LogP contribution in [-0.4, -0.2) is 15.1 Å². The lowest BCUT2D eigenvalue weighted by atomic mass is 10.2. The van der Waals surface area contributed by atoms with Crippen LogP contribution in [-0.2, 0) is 0 Å². The maximum atomic E-state index is 5.87. The monoisotopic (exact) mass is 272 g/mol. The van der Waals surface area contributed by atoms with Crippen LogP contribution in [0.15, 0.2) is 47.2 Å². The Morgan fingerprint density at radius 2 is 1.84 bits per heavy atom. The van der Waals surface area contributed by atoms with Gasteiger partial charge in [-0.15, -0.1) is 0 Å². The zero-order valence-electron chi connectivity index (χ0n) is 9.75. The molecule has 0 aliphatic carbocycles. The molecule has 0 aliphatic rings. The lowest BCUT2D eigenvalue weighted by molar-refractivity contribution is 0.432. The summed E-state index contributed by atoms with van der Waals surface area (Å²) >= 11 is 5.87. The van der Waals surface area contributed by atoms with Gasteiger partial charge in [0.15, 0.2) is 0 Å². The molecule has 0 saturated heterocycles. The van der Waals surface area contributed by atoms with Crippen molar-refractivity contribution in [1.82, 2.24) is 15.1 Å². The van der Waals surface area contributed by atoms with Gasteiger partial charge in [0.05, 0.1) is 10.7 Å². The average molecular weight is 273 g/mol. The molecule has 2 N–H and O–H groups in total. The van der Waals surface area contributed by atoms with E-state index >= 15 is 0 Å². The molecule has 0 fully saturated rings. The highest BCUT2D eigenvalue weighted by molar-refractivity contribution is 6.33. The molecule has 3 rings (SSSR count). The Labute approximate surface area is 114 Å². The van der Waals surface area contributed by atoms with Crippen molar-refractivity contribution in [1.29, 1.82) is 0 Å². The van der Waals surface area contributed by atoms with Crippen LogP contribution in [0.3, 0.4) is 0 Å². The molecule has 5 nitrogen and oxygen atoms in total. The number of nitrogens with zero attached hydrogens (tertiary/aromatic N) is 3. The van der Waals surface area contributed by atoms with Crippen LogP contribution in [0.5, 0.6) is 0 Å². The van der Waals surface area contributed by atoms with Crippen LogP contribution in [0.2, 0.25) is 5.02 Å². The molecule has 19 heavy (non-hydrogen) atoms. The van der Waals surface area contributed by atoms with Gasteiger partial charge in [0.2, 0.25) is 5.82 Å². The van der Waals surface area contributed by atoms with E-state index in [1.54, 1.807) is 30.6 Å². The van der Waals surface area contributed by atoms with Crippen molar-refractivity contribution in [2.24, 2.45) is 0 Å². The lowest BCUT2D eigenvalue weighted by Gasteiger charge is -1.98. The first-order valence-electron chi connectivity index (χ1n) is 5.53. The zero-order valence-corrected chi connectivity index (χ0v) is 10.5. The Kier molecular flexibility index (Phi) is 2.89. The second-order valence-electron chi connectivity index (χ2n) is 3.90. The number of anilines is 1. The number of benzene rings is 1. The van der Waals surface area contributed by atoms with E-state index in [1.807, 2.05) is 12.1 Å². The van der Waals surface area contributed by atoms with Crippen molar-refractivity contribution in [2.45, 2.75) is 0 Å². The summed E-state index contributed by atoms with van der Waals surface area (Å²) in [5.74, 6) is 0.904. The molecule has 0 amide bonds. The molecule has 0 aliphatic heterocycles. The summed E-state index contributed by atoms with van der Waals surface area (Å²) in [6, 6.07) is 8.80. The molecule has 0 bridgehead atoms. The van der Waals surface area contributed by atoms with E-state index in [-0.39, 0.29) is 0 Å². The van der Waals surface area contributed by atoms with Gasteiger partial charge in [-0.05, 0) is 30.3 Å². The minimum Gasteiger partial charge on any atom is -0.398 e. The molecule has 0 spiro atoms. The Bertz CT molecular complexity index is 712. The van der Waals surface area contributed by atoms with Gasteiger partial charge in [-0.25, -0.2) is 0 Å². The number of nitrogen functional groups attached to an aromatic ring is 1. The number of rotatable bonds is 2. The van der Waals surface area contributed by atoms with Gasteiger partial charge in [0.1, 0.15) is 0 Å². The van der Waals surface area contributed by atoms with E-state index in [0.717, 1.165) is 11.1 Å². The van der Waals surface area contributed by atoms with Crippen LogP contribution >= 0.6 is 11.6 Å². The quantitative estimate of drug-likeness (QED) is 0.726. The minimum atomic E-state index is 0.398. The average Bonchev–Trinajstić information content (AvgIpc) is 2.93. The van der Waals surface area contributed by atoms with Gasteiger partial charge in [-0.1, -0.05) is 16.8 Å². The molecule has 0 atom stereocenters. The second kappa shape index (κ2) is 4.70. The highest BCUT2D eigenvalue weighted by atomic mass is 35.5. The third-order valence-corrected chi connectivity index (χ3v) is 2.95. The van der Waals surface area contributed by atoms with Crippen LogP contribution < -0.4 is 5.73 Å². The SMILES string of the molecule is Nc1cc(-c2nc(-c3ccncc3)no2)ccc1Cl. The first-order valence-corrected chi connectivity index (χ1v) is 5.91. The van der Waals surface area contributed by atoms with Crippen molar-refractivity contribution in [2.75, 3.05) is 5.73 Å². The summed E-state index contributed by atoms with van der Waals surface area (Å²) in [5.41, 5.74) is 7.79. The third-order valence-electron chi connectivity index (χ3n) is 2.61. The Morgan fingerprint density at radius 1 is 1.05 bits per heavy atom. The normalized spacial score (nSPS) is 10.6. The molecule has 0 unspecified atom stereocenters. The minimum absolute atomic E-state index is 0.398. The fourth-order valence-electron chi connectivity index (χ4n) is 1.64. The molecule has 6 heteroatoms. The van der Waals surface area contributed by atoms with Gasteiger partial charge in [0, 0.05) is 23.5 Å². The van der Waals surface area contributed by atoms with Crippen LogP contribution in [0.25, 0.3) is 22.8 Å². The number of halogens is 1. The van der Waals surface area contributed by atoms with Crippen molar-refractivity contribution >= 4 is 17.3 Å². The predicted molar refractivity (Wildman–Crippen MR) is 72.4 cm³/mol. The Hall–Kier alpha value is -2.40. The molecule has 94 valence electrons. The van der Waals surface area contributed by atoms with Gasteiger partial charge in [-0.3, -0.25) is 4.98 Å². The summed E-state index contributed by atoms with van der Waals surface area (Å²) < 4.78 is 5.22. The number of hydrogen-bond acceptors (Lipinski definition) is 5. The van der Waals surface area contributed by atoms with E-state index < -0.39 is 0 Å². The molecular formula is C13H9ClN4O. The number of nitrogens with two attached hydrogens (primary N) is 1. The summed E-state index contributed by atoms with van der Waals surface area (Å²) in [4.78, 5) is 8.26. The third kappa shape index (κ3) is 2.28. The Balaban J connectivity index is 1.99. The summed E-state index contributed by atoms with van der Waals surface area (Å²) in [7, 11) is 0. The molecule has 2 heterocycles. The largest absolute Gasteiger partial charge is 0.398 e. The number of hydrogen-bond donors (Lipinski definition) is 1. The van der Waals surface area contributed by atoms with Crippen molar-refractivity contribution in [3.8, 4) is 22.8 Å². The van der Waals surface area contributed by atoms with Crippen LogP contribution in [0, 0.1) is 0 Å². The predicted octanol–water partition coefficient (Wildman–Crippen LogP) is 3.03. The maximum Gasteiger partial charge on any atom is 0.258 e. The van der Waals surface area contributed by atoms with Crippen molar-refractivity contribution < 1.29 is 4.52 Å². The van der Waals surface area contributed by atoms with Crippen LogP contribution in [0.4, 0.5) is 5.69 Å². The Morgan fingerprint density at radius 3 is 2.58 bits per heavy atom. The second-order valence-corrected chi connectivity index (χ2v) is 4.30. The molecule has 0 saturated carbocycles. The molecule has 1 aromatic carbocycles. The lowest BCUT2D eigenvalue weighted by Crippen LogP contribution is -1.87. The number of aromatic nitrogens is 3. The number of pyridine rings is 1. The van der Waals surface area contributed by atoms with Gasteiger partial charge in [-0.2, -0.15) is 4.98 Å². The van der Waals surface area contributed by atoms with Gasteiger partial charge in [0.25, 0.3) is 5.89 Å². The maximum absolute atomic E-state index is 5.87. The summed E-state index contributed by atoms with van der Waals surface area (Å²) in [6.45, 7) is 0. The zero-order chi connectivity index (χ0) is 13.2. The molecule has 0 radical (unpaired) electrons. The van der Waals surface area contributed by atoms with E-state index in [4.69, 9.17) is 21.9 Å². The first kappa shape index (κ1) is 11.7. The van der Waals surface area contributed by atoms with E-state index in [2.05, 4.69) is 15.1 Å². The standard InChI is InChI=1S/C13H9ClN4O/c14-10-2-1-9(7-11(10)15)13-17-12(18-19-13)8-3-5-16-6-4-8/h1-7H,15H2. The fraction of sp³-hybridized carbons (Fsp3) is 0. The molecule has 2 aromatic heterocycles. The van der Waals surface area contributed by atoms with Crippen LogP contribution in [0.1, 0.15) is 0 Å². The van der Waals surface area contributed by atoms with E-state index in [9.17, 15) is 0 Å². The smallest absolute Gasteiger partial charge is 0.258 e. The fourth-order valence-corrected chi connectivity index (χ4v) is 1.75. The van der Waals surface area contributed by atoms with E-state index in [0.29, 0.717) is 22.4 Å². The summed E-state index contributed by atoms with van der Waals surface area (Å²) in [6.07, 6.45) is 3.34. The first-order chi connectivity index (χ1) is 9.24. The highest BCUT2D eigenvalue weighted by Gasteiger charge is 2.11. The van der Waals surface area contributed by atoms with Gasteiger partial charge >= 0.3 is 0 Å². The van der Waals surface area contributed by atoms with Gasteiger partial charge < -0.3 is 10.3 Å². The molecule has 3 aromatic rings. The summed E-state index contributed by atoms with van der Waals surface area (Å²) in [5, 5.41) is 4.43. The van der Waals surface area contributed by atoms with E-state index in [1.165, 1.54) is 0 Å². The van der Waals surface area contributed by atoms with Crippen molar-refractivity contribution in [3.63, 3.8) is 0 Å². The highest BCUT2D eigenvalue weighted by Crippen LogP contribution is 2.27. The molecular weight excluding hydrogens is 264 g/mol. The topological polar surface area (TPSA) is 77.8 Å².